The highest BCUT2D eigenvalue weighted by molar-refractivity contribution is 9.10. The van der Waals surface area contributed by atoms with E-state index in [0.717, 1.165) is 10.0 Å². The first-order valence-corrected chi connectivity index (χ1v) is 7.93. The molecular formula is C16H16BrN5O. The van der Waals surface area contributed by atoms with Gasteiger partial charge in [0.2, 0.25) is 5.91 Å². The zero-order chi connectivity index (χ0) is 16.2. The summed E-state index contributed by atoms with van der Waals surface area (Å²) in [6.45, 7) is 2.89. The van der Waals surface area contributed by atoms with Gasteiger partial charge in [0.1, 0.15) is 6.54 Å². The number of amides is 1. The number of anilines is 1. The van der Waals surface area contributed by atoms with Crippen molar-refractivity contribution in [2.75, 3.05) is 5.32 Å². The Bertz CT molecular complexity index is 806. The van der Waals surface area contributed by atoms with E-state index in [1.807, 2.05) is 6.20 Å². The third-order valence-corrected chi connectivity index (χ3v) is 3.70. The molecule has 3 aromatic rings. The molecule has 3 rings (SSSR count). The molecule has 1 amide bonds. The van der Waals surface area contributed by atoms with Crippen molar-refractivity contribution in [3.63, 3.8) is 0 Å². The third-order valence-electron chi connectivity index (χ3n) is 3.29. The van der Waals surface area contributed by atoms with E-state index in [9.17, 15) is 4.79 Å². The predicted octanol–water partition coefficient (Wildman–Crippen LogP) is 2.84. The number of hydrogen-bond donors (Lipinski definition) is 1. The average Bonchev–Trinajstić information content (AvgIpc) is 3.11. The Morgan fingerprint density at radius 1 is 1.13 bits per heavy atom. The molecule has 1 aromatic carbocycles. The summed E-state index contributed by atoms with van der Waals surface area (Å²) in [6, 6.07) is 8.29. The largest absolute Gasteiger partial charge is 0.322 e. The van der Waals surface area contributed by atoms with E-state index in [4.69, 9.17) is 0 Å². The molecular weight excluding hydrogens is 358 g/mol. The summed E-state index contributed by atoms with van der Waals surface area (Å²) in [5.41, 5.74) is 3.07. The zero-order valence-electron chi connectivity index (χ0n) is 12.6. The van der Waals surface area contributed by atoms with Crippen molar-refractivity contribution in [1.82, 2.24) is 19.6 Å². The fraction of sp³-hybridized carbons (Fsp3) is 0.188. The average molecular weight is 374 g/mol. The van der Waals surface area contributed by atoms with Crippen LogP contribution in [0.3, 0.4) is 0 Å². The molecule has 0 aliphatic heterocycles. The maximum atomic E-state index is 12.0. The lowest BCUT2D eigenvalue weighted by molar-refractivity contribution is -0.116. The number of aromatic nitrogens is 4. The summed E-state index contributed by atoms with van der Waals surface area (Å²) in [5, 5.41) is 11.1. The van der Waals surface area contributed by atoms with Gasteiger partial charge in [-0.25, -0.2) is 0 Å². The lowest BCUT2D eigenvalue weighted by Gasteiger charge is -2.03. The minimum absolute atomic E-state index is 0.143. The van der Waals surface area contributed by atoms with Crippen LogP contribution < -0.4 is 5.32 Å². The van der Waals surface area contributed by atoms with E-state index in [0.29, 0.717) is 12.2 Å². The van der Waals surface area contributed by atoms with Crippen LogP contribution in [0.4, 0.5) is 5.69 Å². The fourth-order valence-electron chi connectivity index (χ4n) is 2.17. The number of rotatable bonds is 5. The monoisotopic (exact) mass is 373 g/mol. The topological polar surface area (TPSA) is 64.7 Å². The van der Waals surface area contributed by atoms with Crippen molar-refractivity contribution >= 4 is 27.5 Å². The number of hydrogen-bond acceptors (Lipinski definition) is 3. The number of carbonyl (C=O) groups excluding carboxylic acids is 1. The summed E-state index contributed by atoms with van der Waals surface area (Å²) in [7, 11) is 0. The summed E-state index contributed by atoms with van der Waals surface area (Å²) in [6.07, 6.45) is 6.86. The van der Waals surface area contributed by atoms with Crippen molar-refractivity contribution in [3.8, 4) is 0 Å². The van der Waals surface area contributed by atoms with Crippen LogP contribution >= 0.6 is 15.9 Å². The molecule has 0 spiro atoms. The summed E-state index contributed by atoms with van der Waals surface area (Å²) in [5.74, 6) is -0.143. The SMILES string of the molecule is Cc1ccc(Cn2cc(NC(=O)Cn3cc(Br)cn3)cn2)cc1. The molecule has 0 unspecified atom stereocenters. The van der Waals surface area contributed by atoms with Crippen molar-refractivity contribution in [2.24, 2.45) is 0 Å². The Kier molecular flexibility index (Phi) is 4.57. The molecule has 23 heavy (non-hydrogen) atoms. The number of aryl methyl sites for hydroxylation is 1. The van der Waals surface area contributed by atoms with Gasteiger partial charge < -0.3 is 5.32 Å². The molecule has 0 bridgehead atoms. The van der Waals surface area contributed by atoms with Gasteiger partial charge in [0.15, 0.2) is 0 Å². The zero-order valence-corrected chi connectivity index (χ0v) is 14.2. The minimum Gasteiger partial charge on any atom is -0.322 e. The van der Waals surface area contributed by atoms with Gasteiger partial charge in [-0.15, -0.1) is 0 Å². The highest BCUT2D eigenvalue weighted by atomic mass is 79.9. The summed E-state index contributed by atoms with van der Waals surface area (Å²) in [4.78, 5) is 12.0. The van der Waals surface area contributed by atoms with Crippen LogP contribution in [0.1, 0.15) is 11.1 Å². The lowest BCUT2D eigenvalue weighted by atomic mass is 10.1. The molecule has 0 aliphatic carbocycles. The molecule has 6 nitrogen and oxygen atoms in total. The van der Waals surface area contributed by atoms with Crippen LogP contribution in [0.15, 0.2) is 53.5 Å². The van der Waals surface area contributed by atoms with E-state index >= 15 is 0 Å². The van der Waals surface area contributed by atoms with E-state index in [-0.39, 0.29) is 12.5 Å². The maximum absolute atomic E-state index is 12.0. The minimum atomic E-state index is -0.143. The van der Waals surface area contributed by atoms with Gasteiger partial charge in [-0.1, -0.05) is 29.8 Å². The second-order valence-electron chi connectivity index (χ2n) is 5.32. The molecule has 0 radical (unpaired) electrons. The van der Waals surface area contributed by atoms with Gasteiger partial charge in [0.25, 0.3) is 0 Å². The lowest BCUT2D eigenvalue weighted by Crippen LogP contribution is -2.18. The molecule has 0 aliphatic rings. The number of benzene rings is 1. The highest BCUT2D eigenvalue weighted by Gasteiger charge is 2.07. The first-order valence-electron chi connectivity index (χ1n) is 7.14. The molecule has 1 N–H and O–H groups in total. The number of nitrogens with one attached hydrogen (secondary N) is 1. The Hall–Kier alpha value is -2.41. The second kappa shape index (κ2) is 6.78. The normalized spacial score (nSPS) is 10.7. The molecule has 0 saturated heterocycles. The van der Waals surface area contributed by atoms with Gasteiger partial charge in [0.05, 0.1) is 29.1 Å². The summed E-state index contributed by atoms with van der Waals surface area (Å²) < 4.78 is 4.21. The fourth-order valence-corrected chi connectivity index (χ4v) is 2.50. The summed E-state index contributed by atoms with van der Waals surface area (Å²) >= 11 is 3.30. The van der Waals surface area contributed by atoms with E-state index in [2.05, 4.69) is 62.6 Å². The number of halogens is 1. The highest BCUT2D eigenvalue weighted by Crippen LogP contribution is 2.10. The number of nitrogens with zero attached hydrogens (tertiary/aromatic N) is 4. The second-order valence-corrected chi connectivity index (χ2v) is 6.23. The molecule has 7 heteroatoms. The smallest absolute Gasteiger partial charge is 0.246 e. The van der Waals surface area contributed by atoms with Gasteiger partial charge in [-0.05, 0) is 28.4 Å². The van der Waals surface area contributed by atoms with Crippen molar-refractivity contribution in [1.29, 1.82) is 0 Å². The van der Waals surface area contributed by atoms with Crippen LogP contribution in [0.5, 0.6) is 0 Å². The van der Waals surface area contributed by atoms with Gasteiger partial charge in [0, 0.05) is 12.4 Å². The standard InChI is InChI=1S/C16H16BrN5O/c1-12-2-4-13(5-3-12)8-21-10-15(7-19-21)20-16(23)11-22-9-14(17)6-18-22/h2-7,9-10H,8,11H2,1H3,(H,20,23). The van der Waals surface area contributed by atoms with Crippen LogP contribution in [0, 0.1) is 6.92 Å². The third kappa shape index (κ3) is 4.29. The van der Waals surface area contributed by atoms with Crippen LogP contribution in [0.2, 0.25) is 0 Å². The Balaban J connectivity index is 1.58. The van der Waals surface area contributed by atoms with Gasteiger partial charge in [-0.2, -0.15) is 10.2 Å². The maximum Gasteiger partial charge on any atom is 0.246 e. The number of carbonyl (C=O) groups is 1. The van der Waals surface area contributed by atoms with E-state index in [1.165, 1.54) is 5.56 Å². The molecule has 2 heterocycles. The van der Waals surface area contributed by atoms with E-state index in [1.54, 1.807) is 28.0 Å². The van der Waals surface area contributed by atoms with Crippen LogP contribution in [0.25, 0.3) is 0 Å². The molecule has 0 saturated carbocycles. The Morgan fingerprint density at radius 3 is 2.57 bits per heavy atom. The molecule has 0 atom stereocenters. The first kappa shape index (κ1) is 15.5. The molecule has 2 aromatic heterocycles. The van der Waals surface area contributed by atoms with E-state index < -0.39 is 0 Å². The van der Waals surface area contributed by atoms with Crippen LogP contribution in [-0.2, 0) is 17.9 Å². The van der Waals surface area contributed by atoms with Gasteiger partial charge >= 0.3 is 0 Å². The quantitative estimate of drug-likeness (QED) is 0.747. The molecule has 0 fully saturated rings. The van der Waals surface area contributed by atoms with Crippen LogP contribution in [-0.4, -0.2) is 25.5 Å². The molecule has 118 valence electrons. The Labute approximate surface area is 142 Å². The van der Waals surface area contributed by atoms with Crippen molar-refractivity contribution in [2.45, 2.75) is 20.0 Å². The Morgan fingerprint density at radius 2 is 1.87 bits per heavy atom. The van der Waals surface area contributed by atoms with Crippen molar-refractivity contribution < 1.29 is 4.79 Å². The predicted molar refractivity (Wildman–Crippen MR) is 91.1 cm³/mol. The van der Waals surface area contributed by atoms with Crippen molar-refractivity contribution in [3.05, 3.63) is 64.7 Å². The van der Waals surface area contributed by atoms with Gasteiger partial charge in [-0.3, -0.25) is 14.2 Å². The first-order chi connectivity index (χ1) is 11.1.